The number of benzene rings is 3. The van der Waals surface area contributed by atoms with E-state index in [0.29, 0.717) is 21.9 Å². The van der Waals surface area contributed by atoms with Gasteiger partial charge in [0.2, 0.25) is 0 Å². The van der Waals surface area contributed by atoms with E-state index in [-0.39, 0.29) is 16.3 Å². The normalized spacial score (nSPS) is 11.5. The van der Waals surface area contributed by atoms with Crippen LogP contribution in [0.25, 0.3) is 0 Å². The lowest BCUT2D eigenvalue weighted by atomic mass is 10.1. The molecule has 0 saturated carbocycles. The van der Waals surface area contributed by atoms with E-state index >= 15 is 0 Å². The fourth-order valence-corrected chi connectivity index (χ4v) is 3.86. The van der Waals surface area contributed by atoms with E-state index in [1.807, 2.05) is 6.07 Å². The van der Waals surface area contributed by atoms with Crippen LogP contribution in [0.2, 0.25) is 5.02 Å². The van der Waals surface area contributed by atoms with E-state index in [1.165, 1.54) is 36.4 Å². The summed E-state index contributed by atoms with van der Waals surface area (Å²) in [7, 11) is -4.07. The number of hydrazone groups is 1. The van der Waals surface area contributed by atoms with E-state index in [1.54, 1.807) is 31.2 Å². The molecule has 3 aromatic rings. The van der Waals surface area contributed by atoms with Gasteiger partial charge in [-0.2, -0.15) is 10.4 Å². The van der Waals surface area contributed by atoms with Gasteiger partial charge in [0.05, 0.1) is 27.2 Å². The number of nitrogens with one attached hydrogen (secondary N) is 2. The third-order valence-corrected chi connectivity index (χ3v) is 5.98. The third-order valence-electron chi connectivity index (χ3n) is 4.35. The summed E-state index contributed by atoms with van der Waals surface area (Å²) in [5.41, 5.74) is 4.16. The number of sulfonamides is 1. The van der Waals surface area contributed by atoms with Crippen LogP contribution in [0, 0.1) is 21.4 Å². The fourth-order valence-electron chi connectivity index (χ4n) is 2.65. The van der Waals surface area contributed by atoms with Crippen LogP contribution < -0.4 is 10.1 Å². The minimum Gasteiger partial charge on any atom is -0.280 e. The summed E-state index contributed by atoms with van der Waals surface area (Å²) >= 11 is 5.79. The highest BCUT2D eigenvalue weighted by atomic mass is 35.5. The van der Waals surface area contributed by atoms with E-state index in [2.05, 4.69) is 15.2 Å². The van der Waals surface area contributed by atoms with Crippen molar-refractivity contribution in [2.75, 3.05) is 10.1 Å². The Morgan fingerprint density at radius 1 is 1.09 bits per heavy atom. The average Bonchev–Trinajstić information content (AvgIpc) is 2.78. The Balaban J connectivity index is 1.86. The Morgan fingerprint density at radius 3 is 2.34 bits per heavy atom. The Bertz CT molecular complexity index is 1330. The molecule has 0 aliphatic carbocycles. The standard InChI is InChI=1S/C21H16ClN5O4S/c1-14(16-4-2-15(13-23)3-5-16)24-25-20-11-10-19(12-21(20)27(28)29)32(30,31)26-18-8-6-17(22)7-9-18/h2-12,25-26H,1H3/b24-14+. The molecule has 0 amide bonds. The van der Waals surface area contributed by atoms with Crippen LogP contribution in [0.15, 0.2) is 76.7 Å². The highest BCUT2D eigenvalue weighted by Crippen LogP contribution is 2.29. The third kappa shape index (κ3) is 5.40. The Hall–Kier alpha value is -3.94. The second kappa shape index (κ2) is 9.47. The molecule has 0 heterocycles. The monoisotopic (exact) mass is 469 g/mol. The van der Waals surface area contributed by atoms with Crippen LogP contribution in [-0.4, -0.2) is 19.1 Å². The van der Waals surface area contributed by atoms with Crippen molar-refractivity contribution in [3.63, 3.8) is 0 Å². The molecule has 0 spiro atoms. The molecule has 0 unspecified atom stereocenters. The zero-order valence-corrected chi connectivity index (χ0v) is 18.2. The first-order chi connectivity index (χ1) is 15.2. The Kier molecular flexibility index (Phi) is 6.73. The molecule has 2 N–H and O–H groups in total. The molecule has 0 aliphatic rings. The number of nitriles is 1. The van der Waals surface area contributed by atoms with Crippen LogP contribution in [0.5, 0.6) is 0 Å². The van der Waals surface area contributed by atoms with E-state index in [0.717, 1.165) is 6.07 Å². The van der Waals surface area contributed by atoms with Gasteiger partial charge in [0.15, 0.2) is 0 Å². The first-order valence-electron chi connectivity index (χ1n) is 9.07. The molecule has 0 bridgehead atoms. The summed E-state index contributed by atoms with van der Waals surface area (Å²) in [6.07, 6.45) is 0. The smallest absolute Gasteiger partial charge is 0.280 e. The topological polar surface area (TPSA) is 137 Å². The van der Waals surface area contributed by atoms with Gasteiger partial charge in [-0.3, -0.25) is 20.3 Å². The number of hydrogen-bond donors (Lipinski definition) is 2. The zero-order chi connectivity index (χ0) is 23.3. The molecule has 0 aromatic heterocycles. The van der Waals surface area contributed by atoms with Gasteiger partial charge in [-0.25, -0.2) is 8.42 Å². The zero-order valence-electron chi connectivity index (χ0n) is 16.6. The van der Waals surface area contributed by atoms with Gasteiger partial charge in [0.25, 0.3) is 15.7 Å². The summed E-state index contributed by atoms with van der Waals surface area (Å²) in [6.45, 7) is 1.69. The number of hydrogen-bond acceptors (Lipinski definition) is 7. The van der Waals surface area contributed by atoms with Crippen LogP contribution >= 0.6 is 11.6 Å². The van der Waals surface area contributed by atoms with Crippen molar-refractivity contribution in [1.82, 2.24) is 0 Å². The average molecular weight is 470 g/mol. The van der Waals surface area contributed by atoms with Gasteiger partial charge < -0.3 is 0 Å². The molecular formula is C21H16ClN5O4S. The predicted molar refractivity (Wildman–Crippen MR) is 122 cm³/mol. The number of nitrogens with zero attached hydrogens (tertiary/aromatic N) is 3. The first kappa shape index (κ1) is 22.7. The molecule has 0 radical (unpaired) electrons. The second-order valence-corrected chi connectivity index (χ2v) is 8.67. The molecule has 162 valence electrons. The lowest BCUT2D eigenvalue weighted by Gasteiger charge is -2.10. The van der Waals surface area contributed by atoms with Crippen LogP contribution in [0.1, 0.15) is 18.1 Å². The van der Waals surface area contributed by atoms with Gasteiger partial charge in [-0.15, -0.1) is 0 Å². The largest absolute Gasteiger partial charge is 0.295 e. The number of rotatable bonds is 7. The molecule has 11 heteroatoms. The quantitative estimate of drug-likeness (QED) is 0.290. The summed E-state index contributed by atoms with van der Waals surface area (Å²) in [4.78, 5) is 10.6. The number of nitro groups is 1. The Labute approximate surface area is 189 Å². The van der Waals surface area contributed by atoms with Crippen molar-refractivity contribution in [2.24, 2.45) is 5.10 Å². The van der Waals surface area contributed by atoms with Crippen molar-refractivity contribution in [1.29, 1.82) is 5.26 Å². The van der Waals surface area contributed by atoms with Crippen molar-refractivity contribution in [3.8, 4) is 6.07 Å². The number of halogens is 1. The molecule has 3 aromatic carbocycles. The Morgan fingerprint density at radius 2 is 1.75 bits per heavy atom. The lowest BCUT2D eigenvalue weighted by Crippen LogP contribution is -2.13. The predicted octanol–water partition coefficient (Wildman–Crippen LogP) is 4.76. The van der Waals surface area contributed by atoms with Crippen LogP contribution in [-0.2, 0) is 10.0 Å². The molecule has 0 saturated heterocycles. The van der Waals surface area contributed by atoms with E-state index in [4.69, 9.17) is 16.9 Å². The molecule has 0 aliphatic heterocycles. The summed E-state index contributed by atoms with van der Waals surface area (Å²) in [6, 6.07) is 18.1. The van der Waals surface area contributed by atoms with Gasteiger partial charge in [0.1, 0.15) is 5.69 Å². The van der Waals surface area contributed by atoms with Crippen LogP contribution in [0.3, 0.4) is 0 Å². The minimum absolute atomic E-state index is 0.0217. The molecule has 32 heavy (non-hydrogen) atoms. The molecule has 0 fully saturated rings. The van der Waals surface area contributed by atoms with Crippen molar-refractivity contribution < 1.29 is 13.3 Å². The van der Waals surface area contributed by atoms with Gasteiger partial charge >= 0.3 is 0 Å². The lowest BCUT2D eigenvalue weighted by molar-refractivity contribution is -0.384. The maximum absolute atomic E-state index is 12.6. The first-order valence-corrected chi connectivity index (χ1v) is 10.9. The fraction of sp³-hybridized carbons (Fsp3) is 0.0476. The maximum Gasteiger partial charge on any atom is 0.295 e. The van der Waals surface area contributed by atoms with Gasteiger partial charge in [0, 0.05) is 16.8 Å². The molecule has 0 atom stereocenters. The number of anilines is 2. The van der Waals surface area contributed by atoms with Gasteiger partial charge in [-0.05, 0) is 61.0 Å². The summed E-state index contributed by atoms with van der Waals surface area (Å²) in [5.74, 6) is 0. The van der Waals surface area contributed by atoms with E-state index in [9.17, 15) is 18.5 Å². The summed E-state index contributed by atoms with van der Waals surface area (Å²) < 4.78 is 27.6. The molecular weight excluding hydrogens is 454 g/mol. The summed E-state index contributed by atoms with van der Waals surface area (Å²) in [5, 5.41) is 25.0. The highest BCUT2D eigenvalue weighted by molar-refractivity contribution is 7.92. The number of nitro benzene ring substituents is 1. The van der Waals surface area contributed by atoms with E-state index < -0.39 is 20.6 Å². The SMILES string of the molecule is C/C(=N\Nc1ccc(S(=O)(=O)Nc2ccc(Cl)cc2)cc1[N+](=O)[O-])c1ccc(C#N)cc1. The van der Waals surface area contributed by atoms with Crippen LogP contribution in [0.4, 0.5) is 17.1 Å². The van der Waals surface area contributed by atoms with Gasteiger partial charge in [-0.1, -0.05) is 23.7 Å². The second-order valence-electron chi connectivity index (χ2n) is 6.55. The highest BCUT2D eigenvalue weighted by Gasteiger charge is 2.21. The minimum atomic E-state index is -4.07. The maximum atomic E-state index is 12.6. The van der Waals surface area contributed by atoms with Crippen molar-refractivity contribution in [2.45, 2.75) is 11.8 Å². The van der Waals surface area contributed by atoms with Crippen molar-refractivity contribution in [3.05, 3.63) is 93.0 Å². The molecule has 9 nitrogen and oxygen atoms in total. The molecule has 3 rings (SSSR count). The van der Waals surface area contributed by atoms with Crippen molar-refractivity contribution >= 4 is 44.4 Å².